The van der Waals surface area contributed by atoms with Gasteiger partial charge in [-0.3, -0.25) is 0 Å². The van der Waals surface area contributed by atoms with Crippen molar-refractivity contribution in [3.63, 3.8) is 0 Å². The van der Waals surface area contributed by atoms with E-state index in [4.69, 9.17) is 4.74 Å². The van der Waals surface area contributed by atoms with E-state index in [9.17, 15) is 0 Å². The van der Waals surface area contributed by atoms with Crippen LogP contribution in [0.25, 0.3) is 0 Å². The number of benzene rings is 2. The Kier molecular flexibility index (Phi) is 4.03. The molecule has 2 rings (SSSR count). The fourth-order valence-corrected chi connectivity index (χ4v) is 2.05. The van der Waals surface area contributed by atoms with Crippen molar-refractivity contribution in [3.05, 3.63) is 65.2 Å². The van der Waals surface area contributed by atoms with Gasteiger partial charge < -0.3 is 4.74 Å². The molecule has 0 saturated heterocycles. The van der Waals surface area contributed by atoms with Gasteiger partial charge >= 0.3 is 0 Å². The minimum absolute atomic E-state index is 0.409. The largest absolute Gasteiger partial charge is 0.493 e. The molecule has 0 aliphatic rings. The third-order valence-corrected chi connectivity index (χ3v) is 3.19. The molecule has 0 saturated carbocycles. The van der Waals surface area contributed by atoms with Gasteiger partial charge in [-0.15, -0.1) is 0 Å². The van der Waals surface area contributed by atoms with Crippen LogP contribution in [-0.4, -0.2) is 6.61 Å². The van der Waals surface area contributed by atoms with E-state index in [1.54, 1.807) is 0 Å². The summed E-state index contributed by atoms with van der Waals surface area (Å²) in [6, 6.07) is 16.8. The van der Waals surface area contributed by atoms with Crippen molar-refractivity contribution in [1.29, 1.82) is 0 Å². The average molecular weight is 240 g/mol. The first-order valence-electron chi connectivity index (χ1n) is 6.42. The maximum atomic E-state index is 5.91. The molecular weight excluding hydrogens is 220 g/mol. The Morgan fingerprint density at radius 3 is 2.39 bits per heavy atom. The molecule has 94 valence electrons. The standard InChI is InChI=1S/C17H20O/c1-13-9-10-17(14(2)11-13)18-12-15(3)16-7-5-4-6-8-16/h4-11,15H,12H2,1-3H3. The Labute approximate surface area is 109 Å². The zero-order valence-electron chi connectivity index (χ0n) is 11.3. The summed E-state index contributed by atoms with van der Waals surface area (Å²) >= 11 is 0. The predicted octanol–water partition coefficient (Wildman–Crippen LogP) is 4.49. The molecule has 1 unspecified atom stereocenters. The normalized spacial score (nSPS) is 12.2. The summed E-state index contributed by atoms with van der Waals surface area (Å²) in [4.78, 5) is 0. The SMILES string of the molecule is Cc1ccc(OCC(C)c2ccccc2)c(C)c1. The Balaban J connectivity index is 1.99. The van der Waals surface area contributed by atoms with Gasteiger partial charge in [0.05, 0.1) is 6.61 Å². The molecular formula is C17H20O. The highest BCUT2D eigenvalue weighted by atomic mass is 16.5. The molecule has 0 fully saturated rings. The Bertz CT molecular complexity index is 502. The quantitative estimate of drug-likeness (QED) is 0.765. The van der Waals surface area contributed by atoms with E-state index in [2.05, 4.69) is 63.2 Å². The maximum Gasteiger partial charge on any atom is 0.122 e. The number of hydrogen-bond donors (Lipinski definition) is 0. The fraction of sp³-hybridized carbons (Fsp3) is 0.294. The van der Waals surface area contributed by atoms with E-state index in [1.807, 2.05) is 6.07 Å². The van der Waals surface area contributed by atoms with E-state index in [1.165, 1.54) is 16.7 Å². The van der Waals surface area contributed by atoms with E-state index < -0.39 is 0 Å². The predicted molar refractivity (Wildman–Crippen MR) is 76.3 cm³/mol. The van der Waals surface area contributed by atoms with Crippen molar-refractivity contribution < 1.29 is 4.74 Å². The molecule has 0 amide bonds. The molecule has 18 heavy (non-hydrogen) atoms. The fourth-order valence-electron chi connectivity index (χ4n) is 2.05. The molecule has 0 heterocycles. The first-order valence-corrected chi connectivity index (χ1v) is 6.42. The monoisotopic (exact) mass is 240 g/mol. The topological polar surface area (TPSA) is 9.23 Å². The number of ether oxygens (including phenoxy) is 1. The highest BCUT2D eigenvalue weighted by molar-refractivity contribution is 5.35. The minimum Gasteiger partial charge on any atom is -0.493 e. The molecule has 0 aliphatic carbocycles. The molecule has 1 heteroatoms. The molecule has 0 N–H and O–H groups in total. The summed E-state index contributed by atoms with van der Waals surface area (Å²) in [6.07, 6.45) is 0. The molecule has 0 aliphatic heterocycles. The van der Waals surface area contributed by atoms with Gasteiger partial charge in [0.1, 0.15) is 5.75 Å². The Hall–Kier alpha value is -1.76. The summed E-state index contributed by atoms with van der Waals surface area (Å²) in [5.74, 6) is 1.40. The molecule has 1 nitrogen and oxygen atoms in total. The van der Waals surface area contributed by atoms with Crippen LogP contribution in [0.1, 0.15) is 29.5 Å². The van der Waals surface area contributed by atoms with Crippen molar-refractivity contribution in [3.8, 4) is 5.75 Å². The molecule has 1 atom stereocenters. The van der Waals surface area contributed by atoms with Crippen LogP contribution in [0.5, 0.6) is 5.75 Å². The zero-order valence-corrected chi connectivity index (χ0v) is 11.3. The summed E-state index contributed by atoms with van der Waals surface area (Å²) < 4.78 is 5.91. The van der Waals surface area contributed by atoms with Gasteiger partial charge in [0.2, 0.25) is 0 Å². The van der Waals surface area contributed by atoms with Crippen LogP contribution in [0.4, 0.5) is 0 Å². The number of rotatable bonds is 4. The van der Waals surface area contributed by atoms with E-state index in [0.717, 1.165) is 5.75 Å². The summed E-state index contributed by atoms with van der Waals surface area (Å²) in [6.45, 7) is 7.10. The second kappa shape index (κ2) is 5.72. The molecule has 0 radical (unpaired) electrons. The van der Waals surface area contributed by atoms with Gasteiger partial charge in [-0.05, 0) is 31.0 Å². The van der Waals surface area contributed by atoms with Crippen LogP contribution < -0.4 is 4.74 Å². The Morgan fingerprint density at radius 1 is 1.00 bits per heavy atom. The minimum atomic E-state index is 0.409. The van der Waals surface area contributed by atoms with Gasteiger partial charge in [-0.25, -0.2) is 0 Å². The van der Waals surface area contributed by atoms with E-state index in [0.29, 0.717) is 12.5 Å². The first-order chi connectivity index (χ1) is 8.66. The Morgan fingerprint density at radius 2 is 1.72 bits per heavy atom. The van der Waals surface area contributed by atoms with Crippen LogP contribution in [-0.2, 0) is 0 Å². The zero-order chi connectivity index (χ0) is 13.0. The lowest BCUT2D eigenvalue weighted by Gasteiger charge is -2.15. The van der Waals surface area contributed by atoms with Gasteiger partial charge in [0.25, 0.3) is 0 Å². The third kappa shape index (κ3) is 3.13. The lowest BCUT2D eigenvalue weighted by molar-refractivity contribution is 0.294. The molecule has 0 spiro atoms. The highest BCUT2D eigenvalue weighted by Gasteiger charge is 2.07. The van der Waals surface area contributed by atoms with Crippen LogP contribution in [0.3, 0.4) is 0 Å². The van der Waals surface area contributed by atoms with Crippen molar-refractivity contribution in [2.75, 3.05) is 6.61 Å². The third-order valence-electron chi connectivity index (χ3n) is 3.19. The molecule has 2 aromatic carbocycles. The van der Waals surface area contributed by atoms with Crippen LogP contribution in [0.15, 0.2) is 48.5 Å². The van der Waals surface area contributed by atoms with Gasteiger partial charge in [-0.1, -0.05) is 55.0 Å². The van der Waals surface area contributed by atoms with Gasteiger partial charge in [0, 0.05) is 5.92 Å². The van der Waals surface area contributed by atoms with Crippen LogP contribution in [0, 0.1) is 13.8 Å². The molecule has 0 aromatic heterocycles. The van der Waals surface area contributed by atoms with Gasteiger partial charge in [-0.2, -0.15) is 0 Å². The second-order valence-electron chi connectivity index (χ2n) is 4.89. The van der Waals surface area contributed by atoms with Crippen molar-refractivity contribution >= 4 is 0 Å². The molecule has 0 bridgehead atoms. The van der Waals surface area contributed by atoms with Crippen LogP contribution in [0.2, 0.25) is 0 Å². The van der Waals surface area contributed by atoms with E-state index in [-0.39, 0.29) is 0 Å². The first kappa shape index (κ1) is 12.7. The van der Waals surface area contributed by atoms with Crippen molar-refractivity contribution in [2.45, 2.75) is 26.7 Å². The average Bonchev–Trinajstić information content (AvgIpc) is 2.38. The lowest BCUT2D eigenvalue weighted by Crippen LogP contribution is -2.07. The van der Waals surface area contributed by atoms with Crippen molar-refractivity contribution in [1.82, 2.24) is 0 Å². The van der Waals surface area contributed by atoms with E-state index >= 15 is 0 Å². The van der Waals surface area contributed by atoms with Crippen LogP contribution >= 0.6 is 0 Å². The number of aryl methyl sites for hydroxylation is 2. The summed E-state index contributed by atoms with van der Waals surface area (Å²) in [7, 11) is 0. The summed E-state index contributed by atoms with van der Waals surface area (Å²) in [5, 5.41) is 0. The van der Waals surface area contributed by atoms with Gasteiger partial charge in [0.15, 0.2) is 0 Å². The number of hydrogen-bond acceptors (Lipinski definition) is 1. The molecule has 2 aromatic rings. The van der Waals surface area contributed by atoms with Crippen molar-refractivity contribution in [2.24, 2.45) is 0 Å². The second-order valence-corrected chi connectivity index (χ2v) is 4.89. The highest BCUT2D eigenvalue weighted by Crippen LogP contribution is 2.21. The summed E-state index contributed by atoms with van der Waals surface area (Å²) in [5.41, 5.74) is 3.80. The maximum absolute atomic E-state index is 5.91. The smallest absolute Gasteiger partial charge is 0.122 e. The lowest BCUT2D eigenvalue weighted by atomic mass is 10.0.